The molecule has 0 bridgehead atoms. The van der Waals surface area contributed by atoms with Crippen LogP contribution in [-0.4, -0.2) is 13.5 Å². The van der Waals surface area contributed by atoms with Gasteiger partial charge < -0.3 is 10.8 Å². The SMILES string of the molecule is Nc1cc(O)c(NS(=O)(=O)c2ccccc2)cc1Cl. The summed E-state index contributed by atoms with van der Waals surface area (Å²) in [4.78, 5) is 0.0855. The summed E-state index contributed by atoms with van der Waals surface area (Å²) in [5.74, 6) is -0.290. The largest absolute Gasteiger partial charge is 0.506 e. The molecular weight excluding hydrogens is 288 g/mol. The van der Waals surface area contributed by atoms with E-state index >= 15 is 0 Å². The van der Waals surface area contributed by atoms with Gasteiger partial charge in [0.2, 0.25) is 0 Å². The summed E-state index contributed by atoms with van der Waals surface area (Å²) in [6.45, 7) is 0. The van der Waals surface area contributed by atoms with Gasteiger partial charge >= 0.3 is 0 Å². The minimum absolute atomic E-state index is 0.0250. The van der Waals surface area contributed by atoms with Gasteiger partial charge in [-0.15, -0.1) is 0 Å². The molecule has 0 radical (unpaired) electrons. The Labute approximate surface area is 115 Å². The van der Waals surface area contributed by atoms with E-state index in [2.05, 4.69) is 4.72 Å². The van der Waals surface area contributed by atoms with Crippen LogP contribution < -0.4 is 10.5 Å². The van der Waals surface area contributed by atoms with Crippen LogP contribution in [0.25, 0.3) is 0 Å². The second-order valence-electron chi connectivity index (χ2n) is 3.81. The summed E-state index contributed by atoms with van der Waals surface area (Å²) in [6, 6.07) is 10.2. The Bertz CT molecular complexity index is 702. The highest BCUT2D eigenvalue weighted by Crippen LogP contribution is 2.33. The van der Waals surface area contributed by atoms with E-state index in [1.807, 2.05) is 0 Å². The molecule has 0 aliphatic carbocycles. The molecule has 0 saturated heterocycles. The van der Waals surface area contributed by atoms with E-state index in [0.29, 0.717) is 0 Å². The van der Waals surface area contributed by atoms with Gasteiger partial charge in [-0.2, -0.15) is 0 Å². The number of nitrogens with two attached hydrogens (primary N) is 1. The average molecular weight is 299 g/mol. The Morgan fingerprint density at radius 3 is 2.42 bits per heavy atom. The number of phenols is 1. The number of rotatable bonds is 3. The van der Waals surface area contributed by atoms with Crippen molar-refractivity contribution < 1.29 is 13.5 Å². The summed E-state index contributed by atoms with van der Waals surface area (Å²) >= 11 is 5.79. The van der Waals surface area contributed by atoms with E-state index in [4.69, 9.17) is 17.3 Å². The lowest BCUT2D eigenvalue weighted by atomic mass is 10.2. The van der Waals surface area contributed by atoms with E-state index < -0.39 is 10.0 Å². The predicted octanol–water partition coefficient (Wildman–Crippen LogP) is 2.43. The number of nitrogens with one attached hydrogen (secondary N) is 1. The van der Waals surface area contributed by atoms with Crippen LogP contribution in [0.3, 0.4) is 0 Å². The average Bonchev–Trinajstić information content (AvgIpc) is 2.37. The molecule has 7 heteroatoms. The number of hydrogen-bond donors (Lipinski definition) is 3. The van der Waals surface area contributed by atoms with Gasteiger partial charge in [0.15, 0.2) is 0 Å². The molecule has 0 atom stereocenters. The van der Waals surface area contributed by atoms with Crippen LogP contribution >= 0.6 is 11.6 Å². The van der Waals surface area contributed by atoms with Crippen molar-refractivity contribution in [1.29, 1.82) is 0 Å². The Balaban J connectivity index is 2.39. The number of anilines is 2. The second-order valence-corrected chi connectivity index (χ2v) is 5.90. The standard InChI is InChI=1S/C12H11ClN2O3S/c13-9-6-11(12(16)7-10(9)14)15-19(17,18)8-4-2-1-3-5-8/h1-7,15-16H,14H2. The van der Waals surface area contributed by atoms with Crippen LogP contribution in [0.5, 0.6) is 5.75 Å². The summed E-state index contributed by atoms with van der Waals surface area (Å²) in [5, 5.41) is 9.82. The van der Waals surface area contributed by atoms with Crippen LogP contribution in [0.2, 0.25) is 5.02 Å². The molecule has 0 fully saturated rings. The van der Waals surface area contributed by atoms with Crippen molar-refractivity contribution in [1.82, 2.24) is 0 Å². The van der Waals surface area contributed by atoms with Crippen molar-refractivity contribution in [2.24, 2.45) is 0 Å². The highest BCUT2D eigenvalue weighted by molar-refractivity contribution is 7.92. The minimum Gasteiger partial charge on any atom is -0.506 e. The molecule has 0 aliphatic rings. The maximum absolute atomic E-state index is 12.1. The molecule has 2 rings (SSSR count). The lowest BCUT2D eigenvalue weighted by Crippen LogP contribution is -2.13. The molecule has 0 aromatic heterocycles. The number of nitrogen functional groups attached to an aromatic ring is 1. The van der Waals surface area contributed by atoms with E-state index in [1.165, 1.54) is 24.3 Å². The minimum atomic E-state index is -3.77. The summed E-state index contributed by atoms with van der Waals surface area (Å²) in [6.07, 6.45) is 0. The number of benzene rings is 2. The van der Waals surface area contributed by atoms with Gasteiger partial charge in [0.25, 0.3) is 10.0 Å². The van der Waals surface area contributed by atoms with Gasteiger partial charge in [-0.05, 0) is 18.2 Å². The molecular formula is C12H11ClN2O3S. The number of hydrogen-bond acceptors (Lipinski definition) is 4. The van der Waals surface area contributed by atoms with Gasteiger partial charge in [-0.1, -0.05) is 29.8 Å². The van der Waals surface area contributed by atoms with E-state index in [-0.39, 0.29) is 27.0 Å². The molecule has 19 heavy (non-hydrogen) atoms. The normalized spacial score (nSPS) is 11.2. The zero-order valence-corrected chi connectivity index (χ0v) is 11.2. The Hall–Kier alpha value is -1.92. The molecule has 0 unspecified atom stereocenters. The quantitative estimate of drug-likeness (QED) is 0.599. The van der Waals surface area contributed by atoms with Crippen LogP contribution in [0.4, 0.5) is 11.4 Å². The molecule has 2 aromatic rings. The zero-order chi connectivity index (χ0) is 14.0. The molecule has 100 valence electrons. The monoisotopic (exact) mass is 298 g/mol. The van der Waals surface area contributed by atoms with Gasteiger partial charge in [0.1, 0.15) is 5.75 Å². The van der Waals surface area contributed by atoms with Crippen molar-refractivity contribution in [2.75, 3.05) is 10.5 Å². The molecule has 0 amide bonds. The Morgan fingerprint density at radius 2 is 1.79 bits per heavy atom. The van der Waals surface area contributed by atoms with Crippen LogP contribution in [0.1, 0.15) is 0 Å². The first kappa shape index (κ1) is 13.5. The fourth-order valence-corrected chi connectivity index (χ4v) is 2.71. The third-order valence-corrected chi connectivity index (χ3v) is 4.12. The molecule has 0 heterocycles. The molecule has 2 aromatic carbocycles. The Kier molecular flexibility index (Phi) is 3.55. The van der Waals surface area contributed by atoms with Crippen molar-refractivity contribution >= 4 is 33.0 Å². The molecule has 0 aliphatic heterocycles. The molecule has 4 N–H and O–H groups in total. The van der Waals surface area contributed by atoms with Gasteiger partial charge in [-0.3, -0.25) is 4.72 Å². The molecule has 0 spiro atoms. The summed E-state index contributed by atoms with van der Waals surface area (Å²) < 4.78 is 26.4. The second kappa shape index (κ2) is 4.99. The summed E-state index contributed by atoms with van der Waals surface area (Å²) in [7, 11) is -3.77. The molecule has 0 saturated carbocycles. The summed E-state index contributed by atoms with van der Waals surface area (Å²) in [5.41, 5.74) is 5.64. The smallest absolute Gasteiger partial charge is 0.262 e. The first-order valence-corrected chi connectivity index (χ1v) is 7.12. The maximum Gasteiger partial charge on any atom is 0.262 e. The zero-order valence-electron chi connectivity index (χ0n) is 9.67. The van der Waals surface area contributed by atoms with Crippen molar-refractivity contribution in [3.8, 4) is 5.75 Å². The van der Waals surface area contributed by atoms with Crippen molar-refractivity contribution in [2.45, 2.75) is 4.90 Å². The van der Waals surface area contributed by atoms with Crippen molar-refractivity contribution in [3.05, 3.63) is 47.5 Å². The van der Waals surface area contributed by atoms with Crippen LogP contribution in [0, 0.1) is 0 Å². The van der Waals surface area contributed by atoms with Gasteiger partial charge in [0, 0.05) is 6.07 Å². The number of halogens is 1. The third-order valence-electron chi connectivity index (χ3n) is 2.41. The molecule has 5 nitrogen and oxygen atoms in total. The van der Waals surface area contributed by atoms with E-state index in [0.717, 1.165) is 0 Å². The number of sulfonamides is 1. The van der Waals surface area contributed by atoms with E-state index in [9.17, 15) is 13.5 Å². The topological polar surface area (TPSA) is 92.4 Å². The maximum atomic E-state index is 12.1. The number of aromatic hydroxyl groups is 1. The number of phenolic OH excluding ortho intramolecular Hbond substituents is 1. The first-order valence-electron chi connectivity index (χ1n) is 5.26. The fraction of sp³-hybridized carbons (Fsp3) is 0. The lowest BCUT2D eigenvalue weighted by molar-refractivity contribution is 0.478. The lowest BCUT2D eigenvalue weighted by Gasteiger charge is -2.11. The highest BCUT2D eigenvalue weighted by Gasteiger charge is 2.16. The first-order chi connectivity index (χ1) is 8.90. The third kappa shape index (κ3) is 2.91. The van der Waals surface area contributed by atoms with Crippen LogP contribution in [0.15, 0.2) is 47.4 Å². The van der Waals surface area contributed by atoms with E-state index in [1.54, 1.807) is 18.2 Å². The van der Waals surface area contributed by atoms with Gasteiger partial charge in [-0.25, -0.2) is 8.42 Å². The van der Waals surface area contributed by atoms with Gasteiger partial charge in [0.05, 0.1) is 21.3 Å². The fourth-order valence-electron chi connectivity index (χ4n) is 1.46. The van der Waals surface area contributed by atoms with Crippen molar-refractivity contribution in [3.63, 3.8) is 0 Å². The Morgan fingerprint density at radius 1 is 1.16 bits per heavy atom. The van der Waals surface area contributed by atoms with Crippen LogP contribution in [-0.2, 0) is 10.0 Å². The highest BCUT2D eigenvalue weighted by atomic mass is 35.5. The predicted molar refractivity (Wildman–Crippen MR) is 74.8 cm³/mol.